The van der Waals surface area contributed by atoms with Crippen molar-refractivity contribution < 1.29 is 14.3 Å². The molecule has 0 radical (unpaired) electrons. The minimum atomic E-state index is -0.207. The number of aliphatic imine (C=N–C) groups is 1. The molecule has 30 heavy (non-hydrogen) atoms. The Hall–Kier alpha value is -3.57. The van der Waals surface area contributed by atoms with Gasteiger partial charge in [0, 0.05) is 10.6 Å². The van der Waals surface area contributed by atoms with E-state index in [2.05, 4.69) is 4.99 Å². The van der Waals surface area contributed by atoms with Gasteiger partial charge in [-0.1, -0.05) is 23.7 Å². The second-order valence-electron chi connectivity index (χ2n) is 6.58. The van der Waals surface area contributed by atoms with E-state index < -0.39 is 0 Å². The molecule has 0 saturated carbocycles. The predicted octanol–water partition coefficient (Wildman–Crippen LogP) is 5.19. The largest absolute Gasteiger partial charge is 0.497 e. The van der Waals surface area contributed by atoms with Crippen molar-refractivity contribution in [2.45, 2.75) is 0 Å². The van der Waals surface area contributed by atoms with Crippen molar-refractivity contribution in [3.63, 3.8) is 0 Å². The molecule has 0 atom stereocenters. The van der Waals surface area contributed by atoms with Gasteiger partial charge >= 0.3 is 0 Å². The van der Waals surface area contributed by atoms with Gasteiger partial charge in [-0.3, -0.25) is 9.69 Å². The summed E-state index contributed by atoms with van der Waals surface area (Å²) in [7, 11) is 3.22. The maximum Gasteiger partial charge on any atom is 0.282 e. The van der Waals surface area contributed by atoms with Crippen LogP contribution in [0.3, 0.4) is 0 Å². The molecule has 1 heterocycles. The minimum Gasteiger partial charge on any atom is -0.497 e. The van der Waals surface area contributed by atoms with Crippen LogP contribution in [-0.4, -0.2) is 26.0 Å². The lowest BCUT2D eigenvalue weighted by Crippen LogP contribution is -2.32. The monoisotopic (exact) mass is 418 g/mol. The summed E-state index contributed by atoms with van der Waals surface area (Å²) in [6, 6.07) is 22.0. The number of amidine groups is 1. The number of hydrogen-bond donors (Lipinski definition) is 0. The van der Waals surface area contributed by atoms with Crippen LogP contribution in [0.25, 0.3) is 6.08 Å². The van der Waals surface area contributed by atoms with Crippen LogP contribution in [0.1, 0.15) is 11.1 Å². The van der Waals surface area contributed by atoms with E-state index in [-0.39, 0.29) is 5.91 Å². The van der Waals surface area contributed by atoms with Crippen molar-refractivity contribution in [2.75, 3.05) is 19.1 Å². The molecular formula is C24H19ClN2O3. The maximum atomic E-state index is 13.3. The summed E-state index contributed by atoms with van der Waals surface area (Å²) < 4.78 is 10.4. The number of carbonyl (C=O) groups excluding carboxylic acids is 1. The van der Waals surface area contributed by atoms with Gasteiger partial charge in [0.25, 0.3) is 5.91 Å². The number of anilines is 1. The zero-order chi connectivity index (χ0) is 21.1. The Morgan fingerprint density at radius 1 is 0.833 bits per heavy atom. The number of rotatable bonds is 5. The molecule has 1 aliphatic heterocycles. The first kappa shape index (κ1) is 19.7. The van der Waals surface area contributed by atoms with E-state index in [1.54, 1.807) is 37.3 Å². The minimum absolute atomic E-state index is 0.207. The summed E-state index contributed by atoms with van der Waals surface area (Å²) in [4.78, 5) is 19.6. The van der Waals surface area contributed by atoms with Crippen LogP contribution >= 0.6 is 11.6 Å². The van der Waals surface area contributed by atoms with Crippen LogP contribution in [0.15, 0.2) is 83.5 Å². The Balaban J connectivity index is 1.77. The second kappa shape index (κ2) is 8.43. The van der Waals surface area contributed by atoms with Crippen molar-refractivity contribution in [1.82, 2.24) is 0 Å². The zero-order valence-corrected chi connectivity index (χ0v) is 17.3. The smallest absolute Gasteiger partial charge is 0.282 e. The Morgan fingerprint density at radius 2 is 1.40 bits per heavy atom. The molecular weight excluding hydrogens is 400 g/mol. The highest BCUT2D eigenvalue weighted by Crippen LogP contribution is 2.29. The summed E-state index contributed by atoms with van der Waals surface area (Å²) in [5.74, 6) is 1.80. The fourth-order valence-electron chi connectivity index (χ4n) is 3.14. The van der Waals surface area contributed by atoms with E-state index in [9.17, 15) is 4.79 Å². The zero-order valence-electron chi connectivity index (χ0n) is 16.5. The molecule has 0 N–H and O–H groups in total. The molecule has 5 nitrogen and oxygen atoms in total. The number of nitrogens with zero attached hydrogens (tertiary/aromatic N) is 2. The van der Waals surface area contributed by atoms with Crippen molar-refractivity contribution in [3.8, 4) is 11.5 Å². The van der Waals surface area contributed by atoms with Gasteiger partial charge in [0.05, 0.1) is 19.9 Å². The molecule has 0 spiro atoms. The number of halogens is 1. The third-order valence-electron chi connectivity index (χ3n) is 4.71. The quantitative estimate of drug-likeness (QED) is 0.535. The van der Waals surface area contributed by atoms with Crippen LogP contribution in [0.5, 0.6) is 11.5 Å². The fraction of sp³-hybridized carbons (Fsp3) is 0.0833. The molecule has 0 fully saturated rings. The highest BCUT2D eigenvalue weighted by Gasteiger charge is 2.32. The Morgan fingerprint density at radius 3 is 1.97 bits per heavy atom. The number of methoxy groups -OCH3 is 2. The van der Waals surface area contributed by atoms with Gasteiger partial charge in [-0.25, -0.2) is 4.99 Å². The first-order chi connectivity index (χ1) is 14.6. The first-order valence-electron chi connectivity index (χ1n) is 9.28. The lowest BCUT2D eigenvalue weighted by atomic mass is 10.1. The number of benzene rings is 3. The summed E-state index contributed by atoms with van der Waals surface area (Å²) in [5.41, 5.74) is 2.70. The molecule has 1 aliphatic rings. The fourth-order valence-corrected chi connectivity index (χ4v) is 3.26. The molecule has 0 aliphatic carbocycles. The normalized spacial score (nSPS) is 14.8. The van der Waals surface area contributed by atoms with Crippen LogP contribution in [0.4, 0.5) is 5.69 Å². The van der Waals surface area contributed by atoms with E-state index in [0.717, 1.165) is 16.9 Å². The van der Waals surface area contributed by atoms with Gasteiger partial charge in [0.1, 0.15) is 23.0 Å². The van der Waals surface area contributed by atoms with Crippen LogP contribution < -0.4 is 14.4 Å². The molecule has 0 saturated heterocycles. The molecule has 3 aromatic carbocycles. The van der Waals surface area contributed by atoms with Crippen molar-refractivity contribution >= 4 is 35.1 Å². The van der Waals surface area contributed by atoms with Gasteiger partial charge in [-0.15, -0.1) is 0 Å². The highest BCUT2D eigenvalue weighted by atomic mass is 35.5. The molecule has 0 unspecified atom stereocenters. The number of carbonyl (C=O) groups is 1. The van der Waals surface area contributed by atoms with Gasteiger partial charge in [-0.05, 0) is 72.3 Å². The second-order valence-corrected chi connectivity index (χ2v) is 7.02. The van der Waals surface area contributed by atoms with E-state index >= 15 is 0 Å². The average Bonchev–Trinajstić information content (AvgIpc) is 3.10. The Kier molecular flexibility index (Phi) is 5.55. The molecule has 4 rings (SSSR count). The standard InChI is InChI=1S/C24H19ClN2O3/c1-29-20-11-3-16(4-12-20)15-22-24(28)27(19-9-13-21(30-2)14-10-19)23(26-22)17-5-7-18(25)8-6-17/h3-15H,1-2H3/b22-15+. The number of ether oxygens (including phenoxy) is 2. The van der Waals surface area contributed by atoms with Crippen LogP contribution in [0.2, 0.25) is 5.02 Å². The maximum absolute atomic E-state index is 13.3. The van der Waals surface area contributed by atoms with Gasteiger partial charge in [0.2, 0.25) is 0 Å². The molecule has 150 valence electrons. The van der Waals surface area contributed by atoms with Gasteiger partial charge in [-0.2, -0.15) is 0 Å². The van der Waals surface area contributed by atoms with Crippen molar-refractivity contribution in [3.05, 3.63) is 94.6 Å². The molecule has 0 aromatic heterocycles. The first-order valence-corrected chi connectivity index (χ1v) is 9.66. The topological polar surface area (TPSA) is 51.1 Å². The lowest BCUT2D eigenvalue weighted by molar-refractivity contribution is -0.113. The average molecular weight is 419 g/mol. The third-order valence-corrected chi connectivity index (χ3v) is 4.96. The van der Waals surface area contributed by atoms with Crippen LogP contribution in [0, 0.1) is 0 Å². The third kappa shape index (κ3) is 3.93. The van der Waals surface area contributed by atoms with Crippen molar-refractivity contribution in [2.24, 2.45) is 4.99 Å². The Labute approximate surface area is 179 Å². The van der Waals surface area contributed by atoms with Crippen molar-refractivity contribution in [1.29, 1.82) is 0 Å². The number of amides is 1. The highest BCUT2D eigenvalue weighted by molar-refractivity contribution is 6.34. The van der Waals surface area contributed by atoms with E-state index in [1.807, 2.05) is 60.7 Å². The van der Waals surface area contributed by atoms with E-state index in [1.165, 1.54) is 0 Å². The molecule has 1 amide bonds. The molecule has 6 heteroatoms. The summed E-state index contributed by atoms with van der Waals surface area (Å²) in [6.45, 7) is 0. The molecule has 3 aromatic rings. The Bertz CT molecular complexity index is 1120. The summed E-state index contributed by atoms with van der Waals surface area (Å²) in [5, 5.41) is 0.619. The van der Waals surface area contributed by atoms with Crippen LogP contribution in [-0.2, 0) is 4.79 Å². The molecule has 0 bridgehead atoms. The predicted molar refractivity (Wildman–Crippen MR) is 119 cm³/mol. The SMILES string of the molecule is COc1ccc(/C=C2/N=C(c3ccc(Cl)cc3)N(c3ccc(OC)cc3)C2=O)cc1. The summed E-state index contributed by atoms with van der Waals surface area (Å²) in [6.07, 6.45) is 1.77. The summed E-state index contributed by atoms with van der Waals surface area (Å²) >= 11 is 6.04. The van der Waals surface area contributed by atoms with Gasteiger partial charge < -0.3 is 9.47 Å². The number of hydrogen-bond acceptors (Lipinski definition) is 4. The lowest BCUT2D eigenvalue weighted by Gasteiger charge is -2.19. The van der Waals surface area contributed by atoms with E-state index in [0.29, 0.717) is 28.0 Å². The van der Waals surface area contributed by atoms with E-state index in [4.69, 9.17) is 21.1 Å². The van der Waals surface area contributed by atoms with Gasteiger partial charge in [0.15, 0.2) is 0 Å².